The maximum atomic E-state index is 11.8. The van der Waals surface area contributed by atoms with Crippen molar-refractivity contribution in [1.29, 1.82) is 0 Å². The van der Waals surface area contributed by atoms with Gasteiger partial charge in [-0.1, -0.05) is 0 Å². The fourth-order valence-electron chi connectivity index (χ4n) is 1.91. The van der Waals surface area contributed by atoms with Crippen LogP contribution in [0.25, 0.3) is 0 Å². The van der Waals surface area contributed by atoms with Gasteiger partial charge in [0.05, 0.1) is 19.4 Å². The van der Waals surface area contributed by atoms with Crippen LogP contribution in [0.4, 0.5) is 4.79 Å². The largest absolute Gasteiger partial charge is 0.468 e. The molecule has 6 heteroatoms. The van der Waals surface area contributed by atoms with Gasteiger partial charge in [0.15, 0.2) is 0 Å². The SMILES string of the molecule is CCNC(=O)NC(=O)CN(Cc1ccco1)C1CC1. The monoisotopic (exact) mass is 265 g/mol. The third-order valence-electron chi connectivity index (χ3n) is 2.94. The average Bonchev–Trinajstić information content (AvgIpc) is 3.08. The fourth-order valence-corrected chi connectivity index (χ4v) is 1.91. The van der Waals surface area contributed by atoms with Crippen LogP contribution in [0.2, 0.25) is 0 Å². The topological polar surface area (TPSA) is 74.6 Å². The van der Waals surface area contributed by atoms with Crippen molar-refractivity contribution in [3.63, 3.8) is 0 Å². The Kier molecular flexibility index (Phi) is 4.57. The second kappa shape index (κ2) is 6.38. The Labute approximate surface area is 112 Å². The van der Waals surface area contributed by atoms with E-state index in [2.05, 4.69) is 10.6 Å². The van der Waals surface area contributed by atoms with Crippen LogP contribution >= 0.6 is 0 Å². The number of amides is 3. The molecule has 3 amide bonds. The molecule has 0 radical (unpaired) electrons. The Morgan fingerprint density at radius 3 is 2.84 bits per heavy atom. The van der Waals surface area contributed by atoms with Crippen molar-refractivity contribution in [1.82, 2.24) is 15.5 Å². The van der Waals surface area contributed by atoms with Crippen molar-refractivity contribution in [2.45, 2.75) is 32.4 Å². The van der Waals surface area contributed by atoms with E-state index in [9.17, 15) is 9.59 Å². The Morgan fingerprint density at radius 2 is 2.26 bits per heavy atom. The molecular formula is C13H19N3O3. The van der Waals surface area contributed by atoms with Gasteiger partial charge in [0, 0.05) is 12.6 Å². The molecule has 19 heavy (non-hydrogen) atoms. The minimum absolute atomic E-state index is 0.211. The lowest BCUT2D eigenvalue weighted by molar-refractivity contribution is -0.121. The number of nitrogens with zero attached hydrogens (tertiary/aromatic N) is 1. The summed E-state index contributed by atoms with van der Waals surface area (Å²) in [5.74, 6) is 0.544. The highest BCUT2D eigenvalue weighted by molar-refractivity contribution is 5.95. The van der Waals surface area contributed by atoms with Gasteiger partial charge in [-0.25, -0.2) is 4.79 Å². The highest BCUT2D eigenvalue weighted by atomic mass is 16.3. The number of urea groups is 1. The number of hydrogen-bond acceptors (Lipinski definition) is 4. The summed E-state index contributed by atoms with van der Waals surface area (Å²) in [7, 11) is 0. The summed E-state index contributed by atoms with van der Waals surface area (Å²) in [5.41, 5.74) is 0. The standard InChI is InChI=1S/C13H19N3O3/c1-2-14-13(18)15-12(17)9-16(10-5-6-10)8-11-4-3-7-19-11/h3-4,7,10H,2,5-6,8-9H2,1H3,(H2,14,15,17,18). The molecule has 1 saturated carbocycles. The Hall–Kier alpha value is -1.82. The second-order valence-electron chi connectivity index (χ2n) is 4.62. The number of hydrogen-bond donors (Lipinski definition) is 2. The molecular weight excluding hydrogens is 246 g/mol. The first-order chi connectivity index (χ1) is 9.19. The lowest BCUT2D eigenvalue weighted by Gasteiger charge is -2.19. The number of carbonyl (C=O) groups excluding carboxylic acids is 2. The van der Waals surface area contributed by atoms with Crippen LogP contribution in [0.5, 0.6) is 0 Å². The van der Waals surface area contributed by atoms with Crippen molar-refractivity contribution < 1.29 is 14.0 Å². The van der Waals surface area contributed by atoms with E-state index in [0.717, 1.165) is 18.6 Å². The Bertz CT molecular complexity index is 426. The van der Waals surface area contributed by atoms with Gasteiger partial charge >= 0.3 is 6.03 Å². The summed E-state index contributed by atoms with van der Waals surface area (Å²) in [6.45, 7) is 3.11. The first-order valence-electron chi connectivity index (χ1n) is 6.53. The summed E-state index contributed by atoms with van der Waals surface area (Å²) in [6, 6.07) is 3.69. The normalized spacial score (nSPS) is 14.4. The summed E-state index contributed by atoms with van der Waals surface area (Å²) in [4.78, 5) is 25.0. The molecule has 6 nitrogen and oxygen atoms in total. The van der Waals surface area contributed by atoms with Gasteiger partial charge in [-0.15, -0.1) is 0 Å². The van der Waals surface area contributed by atoms with Crippen LogP contribution < -0.4 is 10.6 Å². The molecule has 1 aliphatic rings. The van der Waals surface area contributed by atoms with Crippen LogP contribution in [-0.4, -0.2) is 36.0 Å². The van der Waals surface area contributed by atoms with E-state index in [0.29, 0.717) is 19.1 Å². The van der Waals surface area contributed by atoms with Crippen molar-refractivity contribution in [2.75, 3.05) is 13.1 Å². The van der Waals surface area contributed by atoms with E-state index in [1.54, 1.807) is 13.2 Å². The molecule has 1 aromatic rings. The molecule has 0 aromatic carbocycles. The van der Waals surface area contributed by atoms with E-state index in [1.165, 1.54) is 0 Å². The molecule has 1 heterocycles. The molecule has 1 aliphatic carbocycles. The van der Waals surface area contributed by atoms with Gasteiger partial charge in [-0.2, -0.15) is 0 Å². The predicted molar refractivity (Wildman–Crippen MR) is 69.4 cm³/mol. The second-order valence-corrected chi connectivity index (χ2v) is 4.62. The molecule has 0 bridgehead atoms. The van der Waals surface area contributed by atoms with Crippen LogP contribution in [0.1, 0.15) is 25.5 Å². The number of nitrogens with one attached hydrogen (secondary N) is 2. The molecule has 0 saturated heterocycles. The smallest absolute Gasteiger partial charge is 0.321 e. The molecule has 0 spiro atoms. The van der Waals surface area contributed by atoms with Gasteiger partial charge < -0.3 is 9.73 Å². The van der Waals surface area contributed by atoms with Gasteiger partial charge in [0.25, 0.3) is 0 Å². The first kappa shape index (κ1) is 13.6. The molecule has 0 unspecified atom stereocenters. The van der Waals surface area contributed by atoms with Crippen LogP contribution in [-0.2, 0) is 11.3 Å². The first-order valence-corrected chi connectivity index (χ1v) is 6.53. The zero-order valence-electron chi connectivity index (χ0n) is 11.0. The fraction of sp³-hybridized carbons (Fsp3) is 0.538. The Morgan fingerprint density at radius 1 is 1.47 bits per heavy atom. The predicted octanol–water partition coefficient (Wildman–Crippen LogP) is 1.09. The number of imide groups is 1. The maximum absolute atomic E-state index is 11.8. The molecule has 0 atom stereocenters. The van der Waals surface area contributed by atoms with E-state index in [1.807, 2.05) is 17.0 Å². The molecule has 1 aromatic heterocycles. The van der Waals surface area contributed by atoms with Crippen molar-refractivity contribution in [3.05, 3.63) is 24.2 Å². The van der Waals surface area contributed by atoms with Gasteiger partial charge in [0.1, 0.15) is 5.76 Å². The maximum Gasteiger partial charge on any atom is 0.321 e. The third kappa shape index (κ3) is 4.40. The summed E-state index contributed by atoms with van der Waals surface area (Å²) < 4.78 is 5.29. The molecule has 104 valence electrons. The van der Waals surface area contributed by atoms with Crippen molar-refractivity contribution in [2.24, 2.45) is 0 Å². The lowest BCUT2D eigenvalue weighted by Crippen LogP contribution is -2.44. The summed E-state index contributed by atoms with van der Waals surface area (Å²) in [5, 5.41) is 4.84. The van der Waals surface area contributed by atoms with Crippen LogP contribution in [0.3, 0.4) is 0 Å². The molecule has 1 fully saturated rings. The zero-order valence-corrected chi connectivity index (χ0v) is 11.0. The summed E-state index contributed by atoms with van der Waals surface area (Å²) >= 11 is 0. The van der Waals surface area contributed by atoms with E-state index in [-0.39, 0.29) is 12.5 Å². The van der Waals surface area contributed by atoms with Gasteiger partial charge in [-0.05, 0) is 31.9 Å². The van der Waals surface area contributed by atoms with Gasteiger partial charge in [-0.3, -0.25) is 15.0 Å². The van der Waals surface area contributed by atoms with Crippen molar-refractivity contribution in [3.8, 4) is 0 Å². The zero-order chi connectivity index (χ0) is 13.7. The van der Waals surface area contributed by atoms with E-state index >= 15 is 0 Å². The number of furan rings is 1. The van der Waals surface area contributed by atoms with E-state index in [4.69, 9.17) is 4.42 Å². The molecule has 2 rings (SSSR count). The average molecular weight is 265 g/mol. The molecule has 2 N–H and O–H groups in total. The van der Waals surface area contributed by atoms with Crippen LogP contribution in [0, 0.1) is 0 Å². The summed E-state index contributed by atoms with van der Waals surface area (Å²) in [6.07, 6.45) is 3.81. The highest BCUT2D eigenvalue weighted by Gasteiger charge is 2.31. The van der Waals surface area contributed by atoms with Crippen LogP contribution in [0.15, 0.2) is 22.8 Å². The third-order valence-corrected chi connectivity index (χ3v) is 2.94. The Balaban J connectivity index is 1.83. The quantitative estimate of drug-likeness (QED) is 0.807. The number of carbonyl (C=O) groups is 2. The minimum Gasteiger partial charge on any atom is -0.468 e. The highest BCUT2D eigenvalue weighted by Crippen LogP contribution is 2.28. The minimum atomic E-state index is -0.443. The van der Waals surface area contributed by atoms with Gasteiger partial charge in [0.2, 0.25) is 5.91 Å². The van der Waals surface area contributed by atoms with Crippen molar-refractivity contribution >= 4 is 11.9 Å². The van der Waals surface area contributed by atoms with E-state index < -0.39 is 6.03 Å². The lowest BCUT2D eigenvalue weighted by atomic mass is 10.3. The number of rotatable bonds is 6. The molecule has 0 aliphatic heterocycles.